The summed E-state index contributed by atoms with van der Waals surface area (Å²) in [6, 6.07) is 4.00. The van der Waals surface area contributed by atoms with E-state index in [1.807, 2.05) is 26.8 Å². The average molecular weight is 222 g/mol. The van der Waals surface area contributed by atoms with Crippen LogP contribution >= 0.6 is 0 Å². The third-order valence-electron chi connectivity index (χ3n) is 2.69. The quantitative estimate of drug-likeness (QED) is 0.852. The van der Waals surface area contributed by atoms with Crippen molar-refractivity contribution in [2.45, 2.75) is 33.1 Å². The molecule has 88 valence electrons. The number of hydrogen-bond donors (Lipinski definition) is 1. The van der Waals surface area contributed by atoms with Gasteiger partial charge < -0.3 is 9.84 Å². The molecule has 3 heteroatoms. The van der Waals surface area contributed by atoms with Crippen LogP contribution in [0.25, 0.3) is 0 Å². The Balaban J connectivity index is 3.15. The molecular weight excluding hydrogens is 204 g/mol. The Hall–Kier alpha value is -1.51. The van der Waals surface area contributed by atoms with Gasteiger partial charge in [-0.25, -0.2) is 0 Å². The van der Waals surface area contributed by atoms with E-state index in [9.17, 15) is 4.79 Å². The van der Waals surface area contributed by atoms with Crippen LogP contribution < -0.4 is 4.74 Å². The summed E-state index contributed by atoms with van der Waals surface area (Å²) in [6.07, 6.45) is 0.125. The van der Waals surface area contributed by atoms with Crippen LogP contribution in [-0.2, 0) is 4.79 Å². The fourth-order valence-electron chi connectivity index (χ4n) is 2.10. The molecule has 0 aromatic heterocycles. The van der Waals surface area contributed by atoms with Crippen molar-refractivity contribution in [1.82, 2.24) is 0 Å². The number of carbonyl (C=O) groups is 1. The molecule has 0 saturated carbocycles. The Labute approximate surface area is 96.1 Å². The first-order valence-electron chi connectivity index (χ1n) is 5.32. The van der Waals surface area contributed by atoms with E-state index in [0.717, 1.165) is 22.4 Å². The van der Waals surface area contributed by atoms with Crippen LogP contribution in [0.4, 0.5) is 0 Å². The fourth-order valence-corrected chi connectivity index (χ4v) is 2.10. The number of carboxylic acids is 1. The molecule has 1 aromatic carbocycles. The Morgan fingerprint density at radius 1 is 1.44 bits per heavy atom. The van der Waals surface area contributed by atoms with Gasteiger partial charge in [0, 0.05) is 5.56 Å². The molecule has 0 aliphatic carbocycles. The first-order chi connectivity index (χ1) is 7.45. The number of benzene rings is 1. The molecule has 1 aromatic rings. The predicted molar refractivity (Wildman–Crippen MR) is 63.1 cm³/mol. The second kappa shape index (κ2) is 5.01. The van der Waals surface area contributed by atoms with E-state index < -0.39 is 5.97 Å². The first kappa shape index (κ1) is 12.6. The van der Waals surface area contributed by atoms with E-state index in [1.54, 1.807) is 7.11 Å². The van der Waals surface area contributed by atoms with Gasteiger partial charge in [-0.3, -0.25) is 4.79 Å². The van der Waals surface area contributed by atoms with Gasteiger partial charge >= 0.3 is 5.97 Å². The number of carboxylic acid groups (broad SMARTS) is 1. The first-order valence-corrected chi connectivity index (χ1v) is 5.32. The van der Waals surface area contributed by atoms with Crippen LogP contribution in [-0.4, -0.2) is 18.2 Å². The van der Waals surface area contributed by atoms with Crippen molar-refractivity contribution in [3.8, 4) is 5.75 Å². The zero-order chi connectivity index (χ0) is 12.3. The smallest absolute Gasteiger partial charge is 0.303 e. The molecule has 1 N–H and O–H groups in total. The SMILES string of the molecule is COc1cc(C)cc(C)c1C(C)CC(=O)O. The molecule has 1 atom stereocenters. The highest BCUT2D eigenvalue weighted by Gasteiger charge is 2.17. The van der Waals surface area contributed by atoms with Crippen molar-refractivity contribution in [1.29, 1.82) is 0 Å². The highest BCUT2D eigenvalue weighted by atomic mass is 16.5. The lowest BCUT2D eigenvalue weighted by Crippen LogP contribution is -2.06. The molecule has 0 spiro atoms. The van der Waals surface area contributed by atoms with E-state index >= 15 is 0 Å². The van der Waals surface area contributed by atoms with E-state index in [-0.39, 0.29) is 12.3 Å². The monoisotopic (exact) mass is 222 g/mol. The zero-order valence-corrected chi connectivity index (χ0v) is 10.2. The summed E-state index contributed by atoms with van der Waals surface area (Å²) < 4.78 is 5.32. The topological polar surface area (TPSA) is 46.5 Å². The maximum atomic E-state index is 10.7. The number of ether oxygens (including phenoxy) is 1. The van der Waals surface area contributed by atoms with Crippen LogP contribution in [0.15, 0.2) is 12.1 Å². The van der Waals surface area contributed by atoms with Gasteiger partial charge in [0.05, 0.1) is 13.5 Å². The van der Waals surface area contributed by atoms with Crippen LogP contribution in [0, 0.1) is 13.8 Å². The molecule has 16 heavy (non-hydrogen) atoms. The van der Waals surface area contributed by atoms with E-state index in [0.29, 0.717) is 0 Å². The number of rotatable bonds is 4. The zero-order valence-electron chi connectivity index (χ0n) is 10.2. The number of aliphatic carboxylic acids is 1. The van der Waals surface area contributed by atoms with Crippen LogP contribution in [0.5, 0.6) is 5.75 Å². The van der Waals surface area contributed by atoms with Gasteiger partial charge in [-0.2, -0.15) is 0 Å². The van der Waals surface area contributed by atoms with Crippen molar-refractivity contribution in [2.75, 3.05) is 7.11 Å². The number of methoxy groups -OCH3 is 1. The summed E-state index contributed by atoms with van der Waals surface area (Å²) in [7, 11) is 1.62. The van der Waals surface area contributed by atoms with Crippen molar-refractivity contribution >= 4 is 5.97 Å². The Morgan fingerprint density at radius 2 is 2.06 bits per heavy atom. The molecule has 0 heterocycles. The molecule has 1 unspecified atom stereocenters. The van der Waals surface area contributed by atoms with Gasteiger partial charge in [0.2, 0.25) is 0 Å². The maximum Gasteiger partial charge on any atom is 0.303 e. The number of aryl methyl sites for hydroxylation is 2. The second-order valence-corrected chi connectivity index (χ2v) is 4.20. The van der Waals surface area contributed by atoms with Gasteiger partial charge in [-0.15, -0.1) is 0 Å². The summed E-state index contributed by atoms with van der Waals surface area (Å²) >= 11 is 0. The Bertz CT molecular complexity index is 396. The van der Waals surface area contributed by atoms with Crippen molar-refractivity contribution < 1.29 is 14.6 Å². The highest BCUT2D eigenvalue weighted by molar-refractivity contribution is 5.68. The molecule has 0 aliphatic heterocycles. The average Bonchev–Trinajstić information content (AvgIpc) is 2.14. The minimum Gasteiger partial charge on any atom is -0.496 e. The van der Waals surface area contributed by atoms with Gasteiger partial charge in [0.15, 0.2) is 0 Å². The van der Waals surface area contributed by atoms with Crippen LogP contribution in [0.2, 0.25) is 0 Å². The van der Waals surface area contributed by atoms with Crippen LogP contribution in [0.1, 0.15) is 36.0 Å². The molecule has 0 aliphatic rings. The molecule has 0 fully saturated rings. The van der Waals surface area contributed by atoms with Crippen molar-refractivity contribution in [3.05, 3.63) is 28.8 Å². The molecule has 1 rings (SSSR count). The van der Waals surface area contributed by atoms with E-state index in [4.69, 9.17) is 9.84 Å². The van der Waals surface area contributed by atoms with Crippen molar-refractivity contribution in [3.63, 3.8) is 0 Å². The lowest BCUT2D eigenvalue weighted by molar-refractivity contribution is -0.137. The van der Waals surface area contributed by atoms with Gasteiger partial charge in [0.1, 0.15) is 5.75 Å². The predicted octanol–water partition coefficient (Wildman–Crippen LogP) is 2.89. The standard InChI is InChI=1S/C13H18O3/c1-8-5-9(2)13(11(6-8)16-4)10(3)7-12(14)15/h5-6,10H,7H2,1-4H3,(H,14,15). The third-order valence-corrected chi connectivity index (χ3v) is 2.69. The Morgan fingerprint density at radius 3 is 2.56 bits per heavy atom. The summed E-state index contributed by atoms with van der Waals surface area (Å²) in [5, 5.41) is 8.81. The highest BCUT2D eigenvalue weighted by Crippen LogP contribution is 2.32. The molecule has 0 bridgehead atoms. The molecular formula is C13H18O3. The Kier molecular flexibility index (Phi) is 3.93. The summed E-state index contributed by atoms with van der Waals surface area (Å²) in [5.41, 5.74) is 3.21. The lowest BCUT2D eigenvalue weighted by Gasteiger charge is -2.17. The number of hydrogen-bond acceptors (Lipinski definition) is 2. The minimum atomic E-state index is -0.783. The summed E-state index contributed by atoms with van der Waals surface area (Å²) in [4.78, 5) is 10.7. The molecule has 0 radical (unpaired) electrons. The van der Waals surface area contributed by atoms with Gasteiger partial charge in [-0.1, -0.05) is 13.0 Å². The largest absolute Gasteiger partial charge is 0.496 e. The van der Waals surface area contributed by atoms with Gasteiger partial charge in [-0.05, 0) is 37.0 Å². The fraction of sp³-hybridized carbons (Fsp3) is 0.462. The summed E-state index contributed by atoms with van der Waals surface area (Å²) in [6.45, 7) is 5.90. The van der Waals surface area contributed by atoms with E-state index in [2.05, 4.69) is 6.07 Å². The van der Waals surface area contributed by atoms with Crippen LogP contribution in [0.3, 0.4) is 0 Å². The normalized spacial score (nSPS) is 12.2. The molecule has 3 nitrogen and oxygen atoms in total. The third kappa shape index (κ3) is 2.75. The second-order valence-electron chi connectivity index (χ2n) is 4.20. The van der Waals surface area contributed by atoms with Gasteiger partial charge in [0.25, 0.3) is 0 Å². The maximum absolute atomic E-state index is 10.7. The van der Waals surface area contributed by atoms with E-state index in [1.165, 1.54) is 0 Å². The lowest BCUT2D eigenvalue weighted by atomic mass is 9.91. The molecule has 0 saturated heterocycles. The van der Waals surface area contributed by atoms with Crippen molar-refractivity contribution in [2.24, 2.45) is 0 Å². The minimum absolute atomic E-state index is 0.0342. The molecule has 0 amide bonds. The summed E-state index contributed by atoms with van der Waals surface area (Å²) in [5.74, 6) is -0.0335.